The van der Waals surface area contributed by atoms with Crippen molar-refractivity contribution >= 4 is 22.8 Å². The number of nitrogens with one attached hydrogen (secondary N) is 2. The van der Waals surface area contributed by atoms with Gasteiger partial charge in [0.25, 0.3) is 5.91 Å². The van der Waals surface area contributed by atoms with Crippen molar-refractivity contribution < 1.29 is 31.8 Å². The zero-order valence-corrected chi connectivity index (χ0v) is 21.6. The van der Waals surface area contributed by atoms with E-state index in [9.17, 15) is 27.2 Å². The van der Waals surface area contributed by atoms with E-state index in [0.29, 0.717) is 29.7 Å². The average molecular weight is 563 g/mol. The van der Waals surface area contributed by atoms with Gasteiger partial charge < -0.3 is 16.0 Å². The highest BCUT2D eigenvalue weighted by atomic mass is 19.3. The number of H-pyrrole nitrogens is 1. The molecule has 0 radical (unpaired) electrons. The third kappa shape index (κ3) is 5.42. The Bertz CT molecular complexity index is 1430. The van der Waals surface area contributed by atoms with Crippen LogP contribution < -0.4 is 11.1 Å². The molecule has 0 aliphatic heterocycles. The Hall–Kier alpha value is -3.51. The molecule has 6 rings (SSSR count). The molecule has 3 aliphatic carbocycles. The van der Waals surface area contributed by atoms with Gasteiger partial charge in [0, 0.05) is 32.1 Å². The third-order valence-electron chi connectivity index (χ3n) is 8.43. The number of carbonyl (C=O) groups is 2. The minimum atomic E-state index is -2.87. The average Bonchev–Trinajstić information content (AvgIpc) is 3.42. The lowest BCUT2D eigenvalue weighted by molar-refractivity contribution is -0.134. The van der Waals surface area contributed by atoms with Crippen LogP contribution in [0.15, 0.2) is 22.8 Å². The molecule has 2 aromatic heterocycles. The van der Waals surface area contributed by atoms with E-state index >= 15 is 0 Å². The summed E-state index contributed by atoms with van der Waals surface area (Å²) >= 11 is 0. The maximum atomic E-state index is 14.5. The quantitative estimate of drug-likeness (QED) is 0.314. The number of alkyl halides is 4. The summed E-state index contributed by atoms with van der Waals surface area (Å²) in [7, 11) is 0. The van der Waals surface area contributed by atoms with Gasteiger partial charge in [-0.05, 0) is 66.3 Å². The van der Waals surface area contributed by atoms with Crippen LogP contribution in [0.3, 0.4) is 0 Å². The summed E-state index contributed by atoms with van der Waals surface area (Å²) in [6.07, 6.45) is 1.57. The number of benzene rings is 1. The number of fused-ring (bicyclic) bond motifs is 1. The fourth-order valence-electron chi connectivity index (χ4n) is 6.36. The van der Waals surface area contributed by atoms with Gasteiger partial charge in [0.05, 0.1) is 23.0 Å². The van der Waals surface area contributed by atoms with Gasteiger partial charge in [-0.2, -0.15) is 0 Å². The number of rotatable bonds is 9. The summed E-state index contributed by atoms with van der Waals surface area (Å²) in [5, 5.41) is 10.5. The molecule has 40 heavy (non-hydrogen) atoms. The van der Waals surface area contributed by atoms with Gasteiger partial charge in [-0.1, -0.05) is 11.2 Å². The lowest BCUT2D eigenvalue weighted by Crippen LogP contribution is -2.39. The number of primary amides is 1. The van der Waals surface area contributed by atoms with Crippen molar-refractivity contribution in [3.63, 3.8) is 0 Å². The molecule has 2 heterocycles. The molecule has 4 N–H and O–H groups in total. The predicted molar refractivity (Wildman–Crippen MR) is 134 cm³/mol. The van der Waals surface area contributed by atoms with Gasteiger partial charge in [0.15, 0.2) is 5.69 Å². The molecule has 3 fully saturated rings. The number of carbonyl (C=O) groups excluding carboxylic acids is 2. The van der Waals surface area contributed by atoms with Crippen molar-refractivity contribution in [2.45, 2.75) is 81.6 Å². The highest BCUT2D eigenvalue weighted by Gasteiger charge is 2.46. The minimum absolute atomic E-state index is 0.0664. The number of nitrogens with zero attached hydrogens (tertiary/aromatic N) is 3. The van der Waals surface area contributed by atoms with E-state index in [-0.39, 0.29) is 60.9 Å². The fourth-order valence-corrected chi connectivity index (χ4v) is 6.36. The molecule has 0 saturated heterocycles. The zero-order chi connectivity index (χ0) is 28.2. The van der Waals surface area contributed by atoms with Gasteiger partial charge >= 0.3 is 0 Å². The summed E-state index contributed by atoms with van der Waals surface area (Å²) in [6, 6.07) is 5.21. The monoisotopic (exact) mass is 562 g/mol. The maximum Gasteiger partial charge on any atom is 0.272 e. The van der Waals surface area contributed by atoms with Crippen LogP contribution in [0.4, 0.5) is 17.6 Å². The lowest BCUT2D eigenvalue weighted by Gasteiger charge is -2.34. The van der Waals surface area contributed by atoms with Gasteiger partial charge in [-0.15, -0.1) is 0 Å². The lowest BCUT2D eigenvalue weighted by atomic mass is 9.76. The van der Waals surface area contributed by atoms with Gasteiger partial charge in [-0.25, -0.2) is 27.2 Å². The first-order valence-electron chi connectivity index (χ1n) is 13.6. The Labute approximate surface area is 226 Å². The second kappa shape index (κ2) is 9.84. The van der Waals surface area contributed by atoms with Crippen molar-refractivity contribution in [2.24, 2.45) is 23.5 Å². The van der Waals surface area contributed by atoms with Crippen LogP contribution in [0.1, 0.15) is 97.3 Å². The topological polar surface area (TPSA) is 140 Å². The molecule has 3 saturated carbocycles. The summed E-state index contributed by atoms with van der Waals surface area (Å²) in [5.41, 5.74) is 7.34. The molecular formula is C27H30F4N6O3. The summed E-state index contributed by atoms with van der Waals surface area (Å²) in [6.45, 7) is 0. The summed E-state index contributed by atoms with van der Waals surface area (Å²) < 4.78 is 60.1. The van der Waals surface area contributed by atoms with Crippen LogP contribution in [0, 0.1) is 17.8 Å². The number of halogens is 4. The molecule has 214 valence electrons. The summed E-state index contributed by atoms with van der Waals surface area (Å²) in [4.78, 5) is 32.6. The van der Waals surface area contributed by atoms with E-state index in [1.54, 1.807) is 6.07 Å². The van der Waals surface area contributed by atoms with E-state index in [4.69, 9.17) is 10.4 Å². The van der Waals surface area contributed by atoms with Crippen LogP contribution in [-0.2, 0) is 4.79 Å². The Morgan fingerprint density at radius 1 is 1.07 bits per heavy atom. The molecule has 13 heteroatoms. The molecule has 0 spiro atoms. The molecule has 0 unspecified atom stereocenters. The Morgan fingerprint density at radius 2 is 1.85 bits per heavy atom. The molecule has 3 atom stereocenters. The van der Waals surface area contributed by atoms with E-state index in [1.807, 2.05) is 12.1 Å². The van der Waals surface area contributed by atoms with E-state index in [0.717, 1.165) is 18.4 Å². The highest BCUT2D eigenvalue weighted by molar-refractivity contribution is 5.92. The molecule has 3 aromatic rings. The van der Waals surface area contributed by atoms with Crippen molar-refractivity contribution in [3.8, 4) is 0 Å². The summed E-state index contributed by atoms with van der Waals surface area (Å²) in [5.74, 6) is -7.82. The first-order chi connectivity index (χ1) is 19.0. The normalized spacial score (nSPS) is 23.9. The first-order valence-corrected chi connectivity index (χ1v) is 13.6. The molecule has 1 aromatic carbocycles. The second-order valence-corrected chi connectivity index (χ2v) is 11.7. The number of nitrogens with two attached hydrogens (primary N) is 1. The SMILES string of the molecule is NC(=O)c1nonc1[C@@H](c1nc2ccc([C@H](NC(=O)CC3CC(F)(F)C3)C3CC3)cc2[nH]1)[C@@H]1CCCC(F)(F)C1. The van der Waals surface area contributed by atoms with Crippen LogP contribution in [0.5, 0.6) is 0 Å². The van der Waals surface area contributed by atoms with E-state index in [2.05, 4.69) is 25.6 Å². The number of aromatic nitrogens is 4. The first kappa shape index (κ1) is 26.7. The van der Waals surface area contributed by atoms with Gasteiger partial charge in [-0.3, -0.25) is 9.59 Å². The fraction of sp³-hybridized carbons (Fsp3) is 0.593. The number of imidazole rings is 1. The van der Waals surface area contributed by atoms with Crippen molar-refractivity contribution in [3.05, 3.63) is 41.0 Å². The number of aromatic amines is 1. The predicted octanol–water partition coefficient (Wildman–Crippen LogP) is 5.00. The third-order valence-corrected chi connectivity index (χ3v) is 8.43. The van der Waals surface area contributed by atoms with Crippen molar-refractivity contribution in [1.29, 1.82) is 0 Å². The van der Waals surface area contributed by atoms with Crippen LogP contribution >= 0.6 is 0 Å². The van der Waals surface area contributed by atoms with Gasteiger partial charge in [0.2, 0.25) is 17.8 Å². The van der Waals surface area contributed by atoms with Crippen LogP contribution in [0.2, 0.25) is 0 Å². The number of amides is 2. The Balaban J connectivity index is 1.29. The van der Waals surface area contributed by atoms with Crippen molar-refractivity contribution in [2.75, 3.05) is 0 Å². The van der Waals surface area contributed by atoms with Gasteiger partial charge in [0.1, 0.15) is 11.5 Å². The van der Waals surface area contributed by atoms with Crippen molar-refractivity contribution in [1.82, 2.24) is 25.6 Å². The molecular weight excluding hydrogens is 532 g/mol. The molecule has 2 amide bonds. The van der Waals surface area contributed by atoms with Crippen LogP contribution in [0.25, 0.3) is 11.0 Å². The molecule has 0 bridgehead atoms. The molecule has 3 aliphatic rings. The zero-order valence-electron chi connectivity index (χ0n) is 21.6. The Kier molecular flexibility index (Phi) is 6.57. The largest absolute Gasteiger partial charge is 0.364 e. The maximum absolute atomic E-state index is 14.5. The second-order valence-electron chi connectivity index (χ2n) is 11.7. The highest BCUT2D eigenvalue weighted by Crippen LogP contribution is 2.47. The standard InChI is InChI=1S/C27H30F4N6O3/c28-26(29)7-1-2-16(12-26)20(22-23(24(32)39)37-40-36-22)25-33-17-6-5-15(9-18(17)34-25)21(14-3-4-14)35-19(38)8-13-10-27(30,31)11-13/h5-6,9,13-14,16,20-21H,1-4,7-8,10-12H2,(H2,32,39)(H,33,34)(H,35,38)/t16-,20+,21-/m1/s1. The van der Waals surface area contributed by atoms with E-state index in [1.165, 1.54) is 0 Å². The van der Waals surface area contributed by atoms with E-state index < -0.39 is 36.0 Å². The van der Waals surface area contributed by atoms with Crippen LogP contribution in [-0.4, -0.2) is 43.9 Å². The number of hydrogen-bond acceptors (Lipinski definition) is 6. The smallest absolute Gasteiger partial charge is 0.272 e. The number of hydrogen-bond donors (Lipinski definition) is 3. The molecule has 9 nitrogen and oxygen atoms in total. The Morgan fingerprint density at radius 3 is 2.52 bits per heavy atom. The minimum Gasteiger partial charge on any atom is -0.364 e.